The number of halogens is 1. The summed E-state index contributed by atoms with van der Waals surface area (Å²) in [6.07, 6.45) is 0. The lowest BCUT2D eigenvalue weighted by atomic mass is 10.2. The lowest BCUT2D eigenvalue weighted by Crippen LogP contribution is -2.10. The molecule has 0 bridgehead atoms. The van der Waals surface area contributed by atoms with Crippen LogP contribution in [0.2, 0.25) is 0 Å². The molecule has 0 heterocycles. The van der Waals surface area contributed by atoms with Crippen LogP contribution in [0.15, 0.2) is 24.3 Å². The molecule has 0 aliphatic carbocycles. The van der Waals surface area contributed by atoms with E-state index in [9.17, 15) is 17.6 Å². The molecule has 1 aromatic rings. The monoisotopic (exact) mass is 234 g/mol. The Morgan fingerprint density at radius 3 is 2.27 bits per heavy atom. The molecule has 1 aromatic carbocycles. The van der Waals surface area contributed by atoms with E-state index in [1.165, 1.54) is 0 Å². The average Bonchev–Trinajstić information content (AvgIpc) is 2.18. The summed E-state index contributed by atoms with van der Waals surface area (Å²) in [5.74, 6) is -1.27. The number of hydrogen-bond donors (Lipinski definition) is 1. The maximum Gasteiger partial charge on any atom is 0.339 e. The summed E-state index contributed by atoms with van der Waals surface area (Å²) >= 11 is 0. The second-order valence-electron chi connectivity index (χ2n) is 2.58. The van der Waals surface area contributed by atoms with Gasteiger partial charge >= 0.3 is 16.1 Å². The van der Waals surface area contributed by atoms with Crippen LogP contribution in [0.1, 0.15) is 10.4 Å². The van der Waals surface area contributed by atoms with Crippen molar-refractivity contribution in [2.45, 2.75) is 0 Å². The molecule has 0 amide bonds. The molecule has 15 heavy (non-hydrogen) atoms. The third kappa shape index (κ3) is 3.21. The first-order valence-corrected chi connectivity index (χ1v) is 5.34. The van der Waals surface area contributed by atoms with Crippen molar-refractivity contribution in [2.75, 3.05) is 6.01 Å². The zero-order chi connectivity index (χ0) is 11.5. The van der Waals surface area contributed by atoms with Gasteiger partial charge in [0, 0.05) is 0 Å². The van der Waals surface area contributed by atoms with Crippen LogP contribution < -0.4 is 4.18 Å². The van der Waals surface area contributed by atoms with Crippen LogP contribution in [0, 0.1) is 0 Å². The van der Waals surface area contributed by atoms with Gasteiger partial charge in [0.25, 0.3) is 0 Å². The molecule has 1 rings (SSSR count). The quantitative estimate of drug-likeness (QED) is 0.786. The highest BCUT2D eigenvalue weighted by molar-refractivity contribution is 7.86. The SMILES string of the molecule is O=C(O)c1ccc(OS(=O)(=O)CF)cc1. The van der Waals surface area contributed by atoms with E-state index >= 15 is 0 Å². The van der Waals surface area contributed by atoms with Crippen LogP contribution in [-0.2, 0) is 10.1 Å². The highest BCUT2D eigenvalue weighted by atomic mass is 32.2. The predicted molar refractivity (Wildman–Crippen MR) is 48.9 cm³/mol. The summed E-state index contributed by atoms with van der Waals surface area (Å²) < 4.78 is 37.5. The summed E-state index contributed by atoms with van der Waals surface area (Å²) in [6, 6.07) is 2.96. The van der Waals surface area contributed by atoms with E-state index in [1.807, 2.05) is 0 Å². The van der Waals surface area contributed by atoms with Crippen LogP contribution >= 0.6 is 0 Å². The lowest BCUT2D eigenvalue weighted by Gasteiger charge is -2.03. The molecule has 5 nitrogen and oxygen atoms in total. The van der Waals surface area contributed by atoms with E-state index in [2.05, 4.69) is 4.18 Å². The van der Waals surface area contributed by atoms with Crippen LogP contribution in [0.4, 0.5) is 4.39 Å². The van der Waals surface area contributed by atoms with Gasteiger partial charge in [0.15, 0.2) is 0 Å². The fourth-order valence-corrected chi connectivity index (χ4v) is 1.27. The smallest absolute Gasteiger partial charge is 0.339 e. The Kier molecular flexibility index (Phi) is 3.25. The van der Waals surface area contributed by atoms with Crippen molar-refractivity contribution in [2.24, 2.45) is 0 Å². The summed E-state index contributed by atoms with van der Waals surface area (Å²) in [6.45, 7) is 0. The topological polar surface area (TPSA) is 80.7 Å². The van der Waals surface area contributed by atoms with E-state index < -0.39 is 22.1 Å². The van der Waals surface area contributed by atoms with E-state index in [-0.39, 0.29) is 11.3 Å². The van der Waals surface area contributed by atoms with Crippen molar-refractivity contribution in [1.29, 1.82) is 0 Å². The molecule has 0 fully saturated rings. The molecular formula is C8H7FO5S. The Hall–Kier alpha value is -1.63. The first-order chi connectivity index (χ1) is 6.94. The van der Waals surface area contributed by atoms with Gasteiger partial charge in [-0.25, -0.2) is 9.18 Å². The standard InChI is InChI=1S/C8H7FO5S/c9-5-15(12,13)14-7-3-1-6(2-4-7)8(10)11/h1-4H,5H2,(H,10,11). The molecular weight excluding hydrogens is 227 g/mol. The zero-order valence-electron chi connectivity index (χ0n) is 7.38. The Labute approximate surface area is 85.2 Å². The largest absolute Gasteiger partial charge is 0.478 e. The second kappa shape index (κ2) is 4.26. The maximum atomic E-state index is 11.9. The van der Waals surface area contributed by atoms with Gasteiger partial charge in [0.05, 0.1) is 5.56 Å². The fourth-order valence-electron chi connectivity index (χ4n) is 0.822. The number of aromatic carboxylic acids is 1. The summed E-state index contributed by atoms with van der Waals surface area (Å²) in [5, 5.41) is 8.54. The molecule has 0 aliphatic rings. The van der Waals surface area contributed by atoms with Crippen molar-refractivity contribution >= 4 is 16.1 Å². The van der Waals surface area contributed by atoms with E-state index in [4.69, 9.17) is 5.11 Å². The van der Waals surface area contributed by atoms with Crippen LogP contribution in [0.5, 0.6) is 5.75 Å². The summed E-state index contributed by atoms with van der Waals surface area (Å²) in [5.41, 5.74) is -0.0139. The summed E-state index contributed by atoms with van der Waals surface area (Å²) in [7, 11) is -4.22. The molecule has 0 aromatic heterocycles. The van der Waals surface area contributed by atoms with Gasteiger partial charge in [-0.15, -0.1) is 0 Å². The van der Waals surface area contributed by atoms with Crippen molar-refractivity contribution in [3.8, 4) is 5.75 Å². The predicted octanol–water partition coefficient (Wildman–Crippen LogP) is 1.02. The number of carboxylic acids is 1. The van der Waals surface area contributed by atoms with Gasteiger partial charge in [0.1, 0.15) is 5.75 Å². The van der Waals surface area contributed by atoms with Crippen LogP contribution in [-0.4, -0.2) is 25.5 Å². The first-order valence-electron chi connectivity index (χ1n) is 3.76. The van der Waals surface area contributed by atoms with Gasteiger partial charge in [0.2, 0.25) is 6.01 Å². The number of alkyl halides is 1. The van der Waals surface area contributed by atoms with Crippen molar-refractivity contribution < 1.29 is 26.9 Å². The highest BCUT2D eigenvalue weighted by Gasteiger charge is 2.12. The van der Waals surface area contributed by atoms with Gasteiger partial charge in [-0.1, -0.05) is 0 Å². The number of carboxylic acid groups (broad SMARTS) is 1. The van der Waals surface area contributed by atoms with E-state index in [1.54, 1.807) is 0 Å². The minimum Gasteiger partial charge on any atom is -0.478 e. The molecule has 0 radical (unpaired) electrons. The molecule has 0 spiro atoms. The van der Waals surface area contributed by atoms with Crippen LogP contribution in [0.3, 0.4) is 0 Å². The average molecular weight is 234 g/mol. The molecule has 0 saturated heterocycles. The molecule has 0 aliphatic heterocycles. The molecule has 0 atom stereocenters. The maximum absolute atomic E-state index is 11.9. The van der Waals surface area contributed by atoms with Crippen LogP contribution in [0.25, 0.3) is 0 Å². The number of hydrogen-bond acceptors (Lipinski definition) is 4. The molecule has 0 saturated carbocycles. The molecule has 82 valence electrons. The van der Waals surface area contributed by atoms with E-state index in [0.29, 0.717) is 0 Å². The Morgan fingerprint density at radius 1 is 1.33 bits per heavy atom. The minimum absolute atomic E-state index is 0.0139. The van der Waals surface area contributed by atoms with Crippen molar-refractivity contribution in [3.63, 3.8) is 0 Å². The van der Waals surface area contributed by atoms with Crippen molar-refractivity contribution in [3.05, 3.63) is 29.8 Å². The third-order valence-electron chi connectivity index (χ3n) is 1.46. The van der Waals surface area contributed by atoms with Gasteiger partial charge in [-0.3, -0.25) is 0 Å². The fraction of sp³-hybridized carbons (Fsp3) is 0.125. The van der Waals surface area contributed by atoms with Gasteiger partial charge in [-0.2, -0.15) is 8.42 Å². The normalized spacial score (nSPS) is 11.0. The third-order valence-corrected chi connectivity index (χ3v) is 2.17. The first kappa shape index (κ1) is 11.4. The van der Waals surface area contributed by atoms with Crippen molar-refractivity contribution in [1.82, 2.24) is 0 Å². The number of carbonyl (C=O) groups is 1. The highest BCUT2D eigenvalue weighted by Crippen LogP contribution is 2.14. The summed E-state index contributed by atoms with van der Waals surface area (Å²) in [4.78, 5) is 10.4. The Bertz CT molecular complexity index is 450. The molecule has 1 N–H and O–H groups in total. The van der Waals surface area contributed by atoms with E-state index in [0.717, 1.165) is 24.3 Å². The zero-order valence-corrected chi connectivity index (χ0v) is 8.20. The lowest BCUT2D eigenvalue weighted by molar-refractivity contribution is 0.0697. The number of benzene rings is 1. The molecule has 0 unspecified atom stereocenters. The number of rotatable bonds is 4. The Balaban J connectivity index is 2.86. The molecule has 7 heteroatoms. The Morgan fingerprint density at radius 2 is 1.87 bits per heavy atom. The van der Waals surface area contributed by atoms with Gasteiger partial charge < -0.3 is 9.29 Å². The van der Waals surface area contributed by atoms with Gasteiger partial charge in [-0.05, 0) is 24.3 Å². The minimum atomic E-state index is -4.22. The second-order valence-corrected chi connectivity index (χ2v) is 4.08.